The fourth-order valence-corrected chi connectivity index (χ4v) is 3.07. The van der Waals surface area contributed by atoms with E-state index in [2.05, 4.69) is 25.4 Å². The highest BCUT2D eigenvalue weighted by molar-refractivity contribution is 5.77. The third-order valence-corrected chi connectivity index (χ3v) is 4.55. The largest absolute Gasteiger partial charge is 0.370 e. The molecule has 3 heterocycles. The summed E-state index contributed by atoms with van der Waals surface area (Å²) in [4.78, 5) is 18.2. The summed E-state index contributed by atoms with van der Waals surface area (Å²) in [5, 5.41) is 19.1. The first-order valence-electron chi connectivity index (χ1n) is 8.49. The van der Waals surface area contributed by atoms with Crippen LogP contribution >= 0.6 is 0 Å². The van der Waals surface area contributed by atoms with Crippen LogP contribution in [0.25, 0.3) is 0 Å². The van der Waals surface area contributed by atoms with E-state index in [9.17, 15) is 4.79 Å². The summed E-state index contributed by atoms with van der Waals surface area (Å²) in [5.41, 5.74) is 3.58. The number of anilines is 1. The van der Waals surface area contributed by atoms with Gasteiger partial charge in [-0.05, 0) is 18.6 Å². The van der Waals surface area contributed by atoms with E-state index in [1.165, 1.54) is 0 Å². The van der Waals surface area contributed by atoms with Gasteiger partial charge in [0.2, 0.25) is 5.91 Å². The maximum Gasteiger partial charge on any atom is 0.222 e. The number of nitriles is 1. The number of hydrogen-bond donors (Lipinski definition) is 2. The molecule has 0 bridgehead atoms. The minimum Gasteiger partial charge on any atom is -0.370 e. The highest BCUT2D eigenvalue weighted by Crippen LogP contribution is 2.31. The first-order valence-corrected chi connectivity index (χ1v) is 8.49. The number of pyridine rings is 1. The number of nitrogens with zero attached hydrogens (tertiary/aromatic N) is 4. The highest BCUT2D eigenvalue weighted by Gasteiger charge is 2.27. The summed E-state index contributed by atoms with van der Waals surface area (Å²) in [7, 11) is 0. The standard InChI is InChI=1S/C18H22N6O/c1-12(2)18(25)21-8-14-9-22-23-17(14)13-5-6-24(11-13)16-4-3-15(7-19)20-10-16/h3-4,9-10,12-13H,5-6,8,11H2,1-2H3,(H,21,25)(H,22,23). The number of aromatic amines is 1. The minimum atomic E-state index is -0.0267. The number of carbonyl (C=O) groups is 1. The van der Waals surface area contributed by atoms with Gasteiger partial charge in [-0.15, -0.1) is 0 Å². The van der Waals surface area contributed by atoms with E-state index in [-0.39, 0.29) is 11.8 Å². The Morgan fingerprint density at radius 2 is 2.32 bits per heavy atom. The molecule has 1 amide bonds. The lowest BCUT2D eigenvalue weighted by molar-refractivity contribution is -0.124. The molecule has 130 valence electrons. The Bertz CT molecular complexity index is 774. The number of rotatable bonds is 5. The molecule has 2 aromatic heterocycles. The molecule has 1 unspecified atom stereocenters. The second-order valence-corrected chi connectivity index (χ2v) is 6.63. The molecule has 1 fully saturated rings. The van der Waals surface area contributed by atoms with Crippen molar-refractivity contribution in [1.82, 2.24) is 20.5 Å². The summed E-state index contributed by atoms with van der Waals surface area (Å²) < 4.78 is 0. The average molecular weight is 338 g/mol. The zero-order valence-electron chi connectivity index (χ0n) is 14.5. The number of nitrogens with one attached hydrogen (secondary N) is 2. The molecule has 7 heteroatoms. The molecule has 1 atom stereocenters. The van der Waals surface area contributed by atoms with Crippen molar-refractivity contribution >= 4 is 11.6 Å². The van der Waals surface area contributed by atoms with Crippen molar-refractivity contribution < 1.29 is 4.79 Å². The van der Waals surface area contributed by atoms with Crippen LogP contribution in [0.3, 0.4) is 0 Å². The Labute approximate surface area is 147 Å². The topological polar surface area (TPSA) is 97.7 Å². The van der Waals surface area contributed by atoms with E-state index in [1.54, 1.807) is 18.5 Å². The molecule has 0 saturated carbocycles. The van der Waals surface area contributed by atoms with E-state index in [0.717, 1.165) is 36.5 Å². The number of H-pyrrole nitrogens is 1. The van der Waals surface area contributed by atoms with Crippen molar-refractivity contribution in [2.24, 2.45) is 5.92 Å². The Hall–Kier alpha value is -2.88. The first kappa shape index (κ1) is 17.0. The lowest BCUT2D eigenvalue weighted by Gasteiger charge is -2.18. The van der Waals surface area contributed by atoms with Crippen molar-refractivity contribution in [1.29, 1.82) is 5.26 Å². The van der Waals surface area contributed by atoms with Gasteiger partial charge in [0.05, 0.1) is 18.1 Å². The van der Waals surface area contributed by atoms with Gasteiger partial charge in [-0.1, -0.05) is 13.8 Å². The molecular formula is C18H22N6O. The third kappa shape index (κ3) is 3.79. The van der Waals surface area contributed by atoms with Gasteiger partial charge in [0, 0.05) is 42.7 Å². The van der Waals surface area contributed by atoms with Crippen molar-refractivity contribution in [2.45, 2.75) is 32.7 Å². The molecule has 2 aromatic rings. The summed E-state index contributed by atoms with van der Waals surface area (Å²) >= 11 is 0. The van der Waals surface area contributed by atoms with Gasteiger partial charge >= 0.3 is 0 Å². The molecule has 0 aromatic carbocycles. The summed E-state index contributed by atoms with van der Waals surface area (Å²) in [6, 6.07) is 5.71. The zero-order chi connectivity index (χ0) is 17.8. The molecule has 1 aliphatic rings. The quantitative estimate of drug-likeness (QED) is 0.868. The normalized spacial score (nSPS) is 16.9. The van der Waals surface area contributed by atoms with Gasteiger partial charge in [0.15, 0.2) is 0 Å². The van der Waals surface area contributed by atoms with E-state index < -0.39 is 0 Å². The Kier molecular flexibility index (Phi) is 4.98. The molecule has 0 spiro atoms. The molecular weight excluding hydrogens is 316 g/mol. The van der Waals surface area contributed by atoms with Crippen LogP contribution in [0.5, 0.6) is 0 Å². The maximum absolute atomic E-state index is 11.8. The second-order valence-electron chi connectivity index (χ2n) is 6.63. The van der Waals surface area contributed by atoms with E-state index in [4.69, 9.17) is 5.26 Å². The molecule has 1 aliphatic heterocycles. The van der Waals surface area contributed by atoms with Crippen LogP contribution in [-0.2, 0) is 11.3 Å². The maximum atomic E-state index is 11.8. The van der Waals surface area contributed by atoms with Crippen LogP contribution in [0, 0.1) is 17.2 Å². The third-order valence-electron chi connectivity index (χ3n) is 4.55. The Morgan fingerprint density at radius 1 is 1.48 bits per heavy atom. The molecule has 3 rings (SSSR count). The van der Waals surface area contributed by atoms with E-state index in [0.29, 0.717) is 18.2 Å². The molecule has 0 radical (unpaired) electrons. The predicted octanol–water partition coefficient (Wildman–Crippen LogP) is 1.94. The van der Waals surface area contributed by atoms with Gasteiger partial charge in [-0.3, -0.25) is 9.89 Å². The Balaban J connectivity index is 1.65. The van der Waals surface area contributed by atoms with Gasteiger partial charge < -0.3 is 10.2 Å². The fraction of sp³-hybridized carbons (Fsp3) is 0.444. The SMILES string of the molecule is CC(C)C(=O)NCc1cn[nH]c1C1CCN(c2ccc(C#N)nc2)C1. The van der Waals surface area contributed by atoms with E-state index in [1.807, 2.05) is 26.0 Å². The Morgan fingerprint density at radius 3 is 3.00 bits per heavy atom. The van der Waals surface area contributed by atoms with Crippen molar-refractivity contribution in [3.8, 4) is 6.07 Å². The van der Waals surface area contributed by atoms with Gasteiger partial charge in [0.25, 0.3) is 0 Å². The molecule has 0 aliphatic carbocycles. The number of amides is 1. The first-order chi connectivity index (χ1) is 12.1. The molecule has 1 saturated heterocycles. The van der Waals surface area contributed by atoms with E-state index >= 15 is 0 Å². The fourth-order valence-electron chi connectivity index (χ4n) is 3.07. The average Bonchev–Trinajstić information content (AvgIpc) is 3.28. The van der Waals surface area contributed by atoms with Gasteiger partial charge in [0.1, 0.15) is 11.8 Å². The summed E-state index contributed by atoms with van der Waals surface area (Å²) in [5.74, 6) is 0.356. The number of hydrogen-bond acceptors (Lipinski definition) is 5. The summed E-state index contributed by atoms with van der Waals surface area (Å²) in [6.07, 6.45) is 4.55. The van der Waals surface area contributed by atoms with Crippen LogP contribution < -0.4 is 10.2 Å². The van der Waals surface area contributed by atoms with Gasteiger partial charge in [-0.25, -0.2) is 4.98 Å². The van der Waals surface area contributed by atoms with Gasteiger partial charge in [-0.2, -0.15) is 10.4 Å². The van der Waals surface area contributed by atoms with Crippen LogP contribution in [0.4, 0.5) is 5.69 Å². The smallest absolute Gasteiger partial charge is 0.222 e. The van der Waals surface area contributed by atoms with Crippen molar-refractivity contribution in [3.05, 3.63) is 41.5 Å². The van der Waals surface area contributed by atoms with Crippen LogP contribution in [0.2, 0.25) is 0 Å². The van der Waals surface area contributed by atoms with Crippen LogP contribution in [0.15, 0.2) is 24.5 Å². The molecule has 7 nitrogen and oxygen atoms in total. The minimum absolute atomic E-state index is 0.0267. The summed E-state index contributed by atoms with van der Waals surface area (Å²) in [6.45, 7) is 6.05. The lowest BCUT2D eigenvalue weighted by Crippen LogP contribution is -2.27. The van der Waals surface area contributed by atoms with Crippen molar-refractivity contribution in [2.75, 3.05) is 18.0 Å². The monoisotopic (exact) mass is 338 g/mol. The molecule has 2 N–H and O–H groups in total. The number of carbonyl (C=O) groups excluding carboxylic acids is 1. The predicted molar refractivity (Wildman–Crippen MR) is 93.8 cm³/mol. The number of aromatic nitrogens is 3. The van der Waals surface area contributed by atoms with Crippen LogP contribution in [-0.4, -0.2) is 34.2 Å². The van der Waals surface area contributed by atoms with Crippen molar-refractivity contribution in [3.63, 3.8) is 0 Å². The second kappa shape index (κ2) is 7.34. The van der Waals surface area contributed by atoms with Crippen LogP contribution in [0.1, 0.15) is 43.1 Å². The highest BCUT2D eigenvalue weighted by atomic mass is 16.1. The molecule has 25 heavy (non-hydrogen) atoms. The lowest BCUT2D eigenvalue weighted by atomic mass is 10.0. The zero-order valence-corrected chi connectivity index (χ0v) is 14.5.